The Kier molecular flexibility index (Phi) is 2.93. The Hall–Kier alpha value is -1.03. The maximum Gasteiger partial charge on any atom is 0.320 e. The number of rotatable bonds is 1. The van der Waals surface area contributed by atoms with E-state index in [-0.39, 0.29) is 11.6 Å². The Morgan fingerprint density at radius 2 is 2.15 bits per heavy atom. The van der Waals surface area contributed by atoms with Crippen molar-refractivity contribution in [2.45, 2.75) is 26.3 Å². The van der Waals surface area contributed by atoms with Crippen molar-refractivity contribution in [1.29, 1.82) is 0 Å². The molecule has 0 aliphatic carbocycles. The van der Waals surface area contributed by atoms with Gasteiger partial charge in [0.2, 0.25) is 0 Å². The number of carbonyl (C=O) groups excluding carboxylic acids is 1. The molecule has 1 rings (SSSR count). The van der Waals surface area contributed by atoms with Crippen LogP contribution >= 0.6 is 11.3 Å². The highest BCUT2D eigenvalue weighted by Gasteiger charge is 2.13. The predicted molar refractivity (Wildman–Crippen MR) is 56.2 cm³/mol. The van der Waals surface area contributed by atoms with Crippen LogP contribution in [0.3, 0.4) is 0 Å². The molecule has 0 spiro atoms. The lowest BCUT2D eigenvalue weighted by Crippen LogP contribution is -2.42. The summed E-state index contributed by atoms with van der Waals surface area (Å²) in [6.07, 6.45) is 0. The van der Waals surface area contributed by atoms with Crippen LogP contribution in [0.25, 0.3) is 0 Å². The van der Waals surface area contributed by atoms with Gasteiger partial charge in [-0.3, -0.25) is 5.32 Å². The van der Waals surface area contributed by atoms with Crippen LogP contribution in [0.1, 0.15) is 20.8 Å². The Balaban J connectivity index is 2.43. The van der Waals surface area contributed by atoms with E-state index < -0.39 is 0 Å². The number of nitrogens with one attached hydrogen (secondary N) is 2. The minimum Gasteiger partial charge on any atom is -0.333 e. The fourth-order valence-corrected chi connectivity index (χ4v) is 1.45. The zero-order valence-corrected chi connectivity index (χ0v) is 8.87. The third kappa shape index (κ3) is 3.94. The van der Waals surface area contributed by atoms with Crippen LogP contribution in [-0.2, 0) is 0 Å². The summed E-state index contributed by atoms with van der Waals surface area (Å²) in [6.45, 7) is 5.84. The van der Waals surface area contributed by atoms with Crippen molar-refractivity contribution in [2.24, 2.45) is 0 Å². The van der Waals surface area contributed by atoms with Gasteiger partial charge in [-0.2, -0.15) is 0 Å². The molecule has 72 valence electrons. The molecule has 0 unspecified atom stereocenters. The fraction of sp³-hybridized carbons (Fsp3) is 0.444. The largest absolute Gasteiger partial charge is 0.333 e. The molecule has 1 aromatic rings. The lowest BCUT2D eigenvalue weighted by Gasteiger charge is -2.20. The number of hydrogen-bond acceptors (Lipinski definition) is 2. The van der Waals surface area contributed by atoms with Gasteiger partial charge in [0.1, 0.15) is 0 Å². The normalized spacial score (nSPS) is 11.0. The number of urea groups is 1. The highest BCUT2D eigenvalue weighted by Crippen LogP contribution is 2.14. The summed E-state index contributed by atoms with van der Waals surface area (Å²) in [6, 6.07) is 3.61. The molecule has 0 atom stereocenters. The second-order valence-corrected chi connectivity index (χ2v) is 4.75. The number of thiophene rings is 1. The molecule has 0 aromatic carbocycles. The van der Waals surface area contributed by atoms with Crippen LogP contribution in [0.2, 0.25) is 0 Å². The summed E-state index contributed by atoms with van der Waals surface area (Å²) in [4.78, 5) is 11.3. The monoisotopic (exact) mass is 198 g/mol. The third-order valence-corrected chi connectivity index (χ3v) is 2.03. The maximum atomic E-state index is 11.3. The van der Waals surface area contributed by atoms with E-state index in [2.05, 4.69) is 10.6 Å². The number of carbonyl (C=O) groups is 1. The average molecular weight is 198 g/mol. The van der Waals surface area contributed by atoms with Gasteiger partial charge in [0, 0.05) is 5.54 Å². The fourth-order valence-electron chi connectivity index (χ4n) is 0.833. The second kappa shape index (κ2) is 3.79. The van der Waals surface area contributed by atoms with Crippen molar-refractivity contribution >= 4 is 22.4 Å². The molecule has 0 saturated heterocycles. The highest BCUT2D eigenvalue weighted by atomic mass is 32.1. The number of anilines is 1. The molecule has 0 saturated carbocycles. The second-order valence-electron chi connectivity index (χ2n) is 3.81. The molecule has 1 aromatic heterocycles. The first-order valence-corrected chi connectivity index (χ1v) is 4.98. The molecule has 0 aliphatic rings. The van der Waals surface area contributed by atoms with Crippen molar-refractivity contribution < 1.29 is 4.79 Å². The van der Waals surface area contributed by atoms with Gasteiger partial charge in [-0.15, -0.1) is 11.3 Å². The molecule has 0 aliphatic heterocycles. The first-order chi connectivity index (χ1) is 5.97. The molecule has 0 fully saturated rings. The zero-order chi connectivity index (χ0) is 9.90. The SMILES string of the molecule is CC(C)(C)NC(=O)Nc1cccs1. The van der Waals surface area contributed by atoms with Gasteiger partial charge in [0.15, 0.2) is 0 Å². The molecule has 2 N–H and O–H groups in total. The minimum absolute atomic E-state index is 0.157. The quantitative estimate of drug-likeness (QED) is 0.715. The zero-order valence-electron chi connectivity index (χ0n) is 8.05. The summed E-state index contributed by atoms with van der Waals surface area (Å²) >= 11 is 1.51. The van der Waals surface area contributed by atoms with E-state index in [1.54, 1.807) is 0 Å². The Labute approximate surface area is 82.2 Å². The summed E-state index contributed by atoms with van der Waals surface area (Å²) in [5.74, 6) is 0. The summed E-state index contributed by atoms with van der Waals surface area (Å²) in [5, 5.41) is 8.35. The number of amides is 2. The van der Waals surface area contributed by atoms with E-state index >= 15 is 0 Å². The molecule has 0 bridgehead atoms. The van der Waals surface area contributed by atoms with E-state index in [0.717, 1.165) is 5.00 Å². The minimum atomic E-state index is -0.193. The van der Waals surface area contributed by atoms with Gasteiger partial charge >= 0.3 is 6.03 Å². The first kappa shape index (κ1) is 10.1. The van der Waals surface area contributed by atoms with Crippen LogP contribution in [0.4, 0.5) is 9.80 Å². The van der Waals surface area contributed by atoms with Crippen LogP contribution in [0, 0.1) is 0 Å². The molecule has 1 heterocycles. The standard InChI is InChI=1S/C9H14N2OS/c1-9(2,3)11-8(12)10-7-5-4-6-13-7/h4-6H,1-3H3,(H2,10,11,12). The molecule has 2 amide bonds. The average Bonchev–Trinajstić information content (AvgIpc) is 2.34. The molecule has 3 nitrogen and oxygen atoms in total. The first-order valence-electron chi connectivity index (χ1n) is 4.10. The van der Waals surface area contributed by atoms with E-state index in [4.69, 9.17) is 0 Å². The Morgan fingerprint density at radius 1 is 1.46 bits per heavy atom. The summed E-state index contributed by atoms with van der Waals surface area (Å²) in [7, 11) is 0. The van der Waals surface area contributed by atoms with Crippen molar-refractivity contribution in [2.75, 3.05) is 5.32 Å². The van der Waals surface area contributed by atoms with E-state index in [1.807, 2.05) is 38.3 Å². The van der Waals surface area contributed by atoms with Gasteiger partial charge in [0.05, 0.1) is 5.00 Å². The molecular weight excluding hydrogens is 184 g/mol. The summed E-state index contributed by atoms with van der Waals surface area (Å²) in [5.41, 5.74) is -0.193. The van der Waals surface area contributed by atoms with Gasteiger partial charge in [-0.25, -0.2) is 4.79 Å². The third-order valence-electron chi connectivity index (χ3n) is 1.25. The maximum absolute atomic E-state index is 11.3. The van der Waals surface area contributed by atoms with Crippen LogP contribution in [0.5, 0.6) is 0 Å². The molecular formula is C9H14N2OS. The summed E-state index contributed by atoms with van der Waals surface area (Å²) < 4.78 is 0. The predicted octanol–water partition coefficient (Wildman–Crippen LogP) is 2.67. The van der Waals surface area contributed by atoms with E-state index in [1.165, 1.54) is 11.3 Å². The lowest BCUT2D eigenvalue weighted by atomic mass is 10.1. The van der Waals surface area contributed by atoms with Gasteiger partial charge in [-0.1, -0.05) is 0 Å². The van der Waals surface area contributed by atoms with Crippen molar-refractivity contribution in [3.05, 3.63) is 17.5 Å². The molecule has 4 heteroatoms. The smallest absolute Gasteiger partial charge is 0.320 e. The van der Waals surface area contributed by atoms with Crippen LogP contribution in [-0.4, -0.2) is 11.6 Å². The van der Waals surface area contributed by atoms with Gasteiger partial charge < -0.3 is 5.32 Å². The number of hydrogen-bond donors (Lipinski definition) is 2. The Bertz CT molecular complexity index is 274. The Morgan fingerprint density at radius 3 is 2.62 bits per heavy atom. The van der Waals surface area contributed by atoms with Gasteiger partial charge in [-0.05, 0) is 38.3 Å². The van der Waals surface area contributed by atoms with E-state index in [0.29, 0.717) is 0 Å². The van der Waals surface area contributed by atoms with Crippen LogP contribution in [0.15, 0.2) is 17.5 Å². The van der Waals surface area contributed by atoms with E-state index in [9.17, 15) is 4.79 Å². The van der Waals surface area contributed by atoms with Gasteiger partial charge in [0.25, 0.3) is 0 Å². The van der Waals surface area contributed by atoms with Crippen molar-refractivity contribution in [3.63, 3.8) is 0 Å². The molecule has 0 radical (unpaired) electrons. The highest BCUT2D eigenvalue weighted by molar-refractivity contribution is 7.14. The van der Waals surface area contributed by atoms with Crippen molar-refractivity contribution in [1.82, 2.24) is 5.32 Å². The lowest BCUT2D eigenvalue weighted by molar-refractivity contribution is 0.244. The topological polar surface area (TPSA) is 41.1 Å². The van der Waals surface area contributed by atoms with Crippen molar-refractivity contribution in [3.8, 4) is 0 Å². The van der Waals surface area contributed by atoms with Crippen LogP contribution < -0.4 is 10.6 Å². The molecule has 13 heavy (non-hydrogen) atoms.